The first-order valence-electron chi connectivity index (χ1n) is 17.0. The van der Waals surface area contributed by atoms with E-state index in [1.807, 2.05) is 70.2 Å². The molecule has 260 valence electrons. The van der Waals surface area contributed by atoms with Gasteiger partial charge in [0.25, 0.3) is 11.8 Å². The van der Waals surface area contributed by atoms with Crippen molar-refractivity contribution >= 4 is 23.6 Å². The zero-order chi connectivity index (χ0) is 36.1. The third-order valence-corrected chi connectivity index (χ3v) is 8.51. The molecule has 0 radical (unpaired) electrons. The number of hydrogen-bond donors (Lipinski definition) is 5. The Morgan fingerprint density at radius 3 is 2.06 bits per heavy atom. The second-order valence-electron chi connectivity index (χ2n) is 12.9. The Morgan fingerprint density at radius 2 is 1.47 bits per heavy atom. The van der Waals surface area contributed by atoms with Crippen LogP contribution in [0.5, 0.6) is 0 Å². The van der Waals surface area contributed by atoms with Gasteiger partial charge in [-0.05, 0) is 74.1 Å². The van der Waals surface area contributed by atoms with Gasteiger partial charge in [-0.15, -0.1) is 0 Å². The minimum absolute atomic E-state index is 0.0963. The molecule has 0 unspecified atom stereocenters. The van der Waals surface area contributed by atoms with Crippen molar-refractivity contribution in [2.45, 2.75) is 85.0 Å². The van der Waals surface area contributed by atoms with E-state index in [-0.39, 0.29) is 47.2 Å². The van der Waals surface area contributed by atoms with Gasteiger partial charge in [0.1, 0.15) is 6.04 Å². The molecule has 3 aromatic carbocycles. The lowest BCUT2D eigenvalue weighted by molar-refractivity contribution is -0.130. The SMILES string of the molecule is CCCC[C@@H](CN[C@@H](C)C(=O)N[C@H](C(=O)NC)C(C)C)NC(=O)c1cc(C(=O)N[C@H](C)c2ccccc2)cc(-c2cc(C)ccc2C#N)c1. The largest absolute Gasteiger partial charge is 0.357 e. The maximum atomic E-state index is 13.9. The van der Waals surface area contributed by atoms with Crippen LogP contribution in [0.25, 0.3) is 11.1 Å². The van der Waals surface area contributed by atoms with E-state index < -0.39 is 12.1 Å². The summed E-state index contributed by atoms with van der Waals surface area (Å²) < 4.78 is 0. The van der Waals surface area contributed by atoms with E-state index in [1.165, 1.54) is 7.05 Å². The fourth-order valence-electron chi connectivity index (χ4n) is 5.47. The highest BCUT2D eigenvalue weighted by Gasteiger charge is 2.26. The van der Waals surface area contributed by atoms with Crippen molar-refractivity contribution in [2.75, 3.05) is 13.6 Å². The molecule has 0 heterocycles. The fraction of sp³-hybridized carbons (Fsp3) is 0.410. The second kappa shape index (κ2) is 18.5. The average molecular weight is 667 g/mol. The predicted octanol–water partition coefficient (Wildman–Crippen LogP) is 5.18. The molecule has 49 heavy (non-hydrogen) atoms. The summed E-state index contributed by atoms with van der Waals surface area (Å²) in [6, 6.07) is 20.4. The summed E-state index contributed by atoms with van der Waals surface area (Å²) in [6.07, 6.45) is 2.42. The second-order valence-corrected chi connectivity index (χ2v) is 12.9. The molecule has 4 atom stereocenters. The Balaban J connectivity index is 1.88. The van der Waals surface area contributed by atoms with Crippen LogP contribution in [0.2, 0.25) is 0 Å². The van der Waals surface area contributed by atoms with E-state index in [0.717, 1.165) is 24.0 Å². The number of unbranched alkanes of at least 4 members (excludes halogenated alkanes) is 1. The molecule has 5 N–H and O–H groups in total. The number of nitriles is 1. The highest BCUT2D eigenvalue weighted by molar-refractivity contribution is 6.02. The van der Waals surface area contributed by atoms with E-state index in [1.54, 1.807) is 31.2 Å². The number of benzene rings is 3. The van der Waals surface area contributed by atoms with Gasteiger partial charge in [-0.3, -0.25) is 19.2 Å². The van der Waals surface area contributed by atoms with Gasteiger partial charge in [0.05, 0.1) is 23.7 Å². The molecule has 0 aliphatic rings. The fourth-order valence-corrected chi connectivity index (χ4v) is 5.47. The number of amides is 4. The lowest BCUT2D eigenvalue weighted by atomic mass is 9.94. The molecule has 4 amide bonds. The van der Waals surface area contributed by atoms with Crippen LogP contribution in [0.4, 0.5) is 0 Å². The highest BCUT2D eigenvalue weighted by atomic mass is 16.2. The molecule has 0 aliphatic carbocycles. The van der Waals surface area contributed by atoms with Gasteiger partial charge in [-0.2, -0.15) is 5.26 Å². The van der Waals surface area contributed by atoms with Crippen LogP contribution in [0.15, 0.2) is 66.7 Å². The standard InChI is InChI=1S/C39H50N6O4/c1-8-9-15-33(23-42-27(6)36(46)45-35(24(2)3)39(49)41-7)44-38(48)32-20-30(34-18-25(4)16-17-29(34)22-40)19-31(21-32)37(47)43-26(5)28-13-11-10-12-14-28/h10-14,16-21,24,26-27,33,35,42H,8-9,15,23H2,1-7H3,(H,41,49)(H,43,47)(H,44,48)(H,45,46)/t26-,27+,33+,35+/m1/s1. The van der Waals surface area contributed by atoms with Crippen molar-refractivity contribution in [1.82, 2.24) is 26.6 Å². The normalized spacial score (nSPS) is 13.4. The number of carbonyl (C=O) groups excluding carboxylic acids is 4. The maximum Gasteiger partial charge on any atom is 0.251 e. The van der Waals surface area contributed by atoms with Crippen LogP contribution in [-0.2, 0) is 9.59 Å². The molecule has 0 fully saturated rings. The molecular weight excluding hydrogens is 616 g/mol. The predicted molar refractivity (Wildman–Crippen MR) is 193 cm³/mol. The third-order valence-electron chi connectivity index (χ3n) is 8.51. The molecular formula is C39H50N6O4. The molecule has 0 spiro atoms. The first-order valence-corrected chi connectivity index (χ1v) is 17.0. The van der Waals surface area contributed by atoms with Crippen LogP contribution in [-0.4, -0.2) is 55.3 Å². The lowest BCUT2D eigenvalue weighted by Gasteiger charge is -2.25. The van der Waals surface area contributed by atoms with Gasteiger partial charge in [-0.1, -0.05) is 81.6 Å². The van der Waals surface area contributed by atoms with Gasteiger partial charge >= 0.3 is 0 Å². The van der Waals surface area contributed by atoms with Crippen molar-refractivity contribution in [1.29, 1.82) is 5.26 Å². The number of aryl methyl sites for hydroxylation is 1. The maximum absolute atomic E-state index is 13.9. The van der Waals surface area contributed by atoms with Crippen molar-refractivity contribution in [2.24, 2.45) is 5.92 Å². The molecule has 3 rings (SSSR count). The summed E-state index contributed by atoms with van der Waals surface area (Å²) in [6.45, 7) is 11.6. The molecule has 3 aromatic rings. The number of hydrogen-bond acceptors (Lipinski definition) is 6. The first kappa shape index (κ1) is 38.4. The zero-order valence-corrected chi connectivity index (χ0v) is 29.6. The zero-order valence-electron chi connectivity index (χ0n) is 29.6. The van der Waals surface area contributed by atoms with Crippen molar-refractivity contribution in [3.8, 4) is 17.2 Å². The number of nitrogens with zero attached hydrogens (tertiary/aromatic N) is 1. The van der Waals surface area contributed by atoms with Gasteiger partial charge in [0, 0.05) is 30.8 Å². The summed E-state index contributed by atoms with van der Waals surface area (Å²) in [5.41, 5.74) is 4.08. The van der Waals surface area contributed by atoms with Crippen molar-refractivity contribution < 1.29 is 19.2 Å². The van der Waals surface area contributed by atoms with Gasteiger partial charge in [0.2, 0.25) is 11.8 Å². The van der Waals surface area contributed by atoms with Gasteiger partial charge in [0.15, 0.2) is 0 Å². The molecule has 10 heteroatoms. The quantitative estimate of drug-likeness (QED) is 0.142. The monoisotopic (exact) mass is 666 g/mol. The molecule has 0 saturated carbocycles. The summed E-state index contributed by atoms with van der Waals surface area (Å²) in [5.74, 6) is -1.40. The molecule has 10 nitrogen and oxygen atoms in total. The summed E-state index contributed by atoms with van der Waals surface area (Å²) in [4.78, 5) is 52.7. The minimum Gasteiger partial charge on any atom is -0.357 e. The van der Waals surface area contributed by atoms with E-state index in [0.29, 0.717) is 35.2 Å². The van der Waals surface area contributed by atoms with Gasteiger partial charge < -0.3 is 26.6 Å². The molecule has 0 aliphatic heterocycles. The smallest absolute Gasteiger partial charge is 0.251 e. The van der Waals surface area contributed by atoms with Crippen LogP contribution >= 0.6 is 0 Å². The van der Waals surface area contributed by atoms with E-state index in [9.17, 15) is 24.4 Å². The summed E-state index contributed by atoms with van der Waals surface area (Å²) >= 11 is 0. The minimum atomic E-state index is -0.665. The van der Waals surface area contributed by atoms with Crippen LogP contribution in [0.3, 0.4) is 0 Å². The Labute approximate surface area is 290 Å². The van der Waals surface area contributed by atoms with Crippen molar-refractivity contribution in [3.05, 3.63) is 94.5 Å². The summed E-state index contributed by atoms with van der Waals surface area (Å²) in [5, 5.41) is 24.6. The number of nitrogens with one attached hydrogen (secondary N) is 5. The summed E-state index contributed by atoms with van der Waals surface area (Å²) in [7, 11) is 1.53. The van der Waals surface area contributed by atoms with Crippen LogP contribution in [0, 0.1) is 24.2 Å². The Hall–Kier alpha value is -5.01. The number of likely N-dealkylation sites (N-methyl/N-ethyl adjacent to an activating group) is 1. The average Bonchev–Trinajstić information content (AvgIpc) is 3.10. The lowest BCUT2D eigenvalue weighted by Crippen LogP contribution is -2.55. The van der Waals surface area contributed by atoms with Crippen molar-refractivity contribution in [3.63, 3.8) is 0 Å². The van der Waals surface area contributed by atoms with Crippen LogP contribution in [0.1, 0.15) is 97.3 Å². The van der Waals surface area contributed by atoms with E-state index >= 15 is 0 Å². The van der Waals surface area contributed by atoms with Crippen LogP contribution < -0.4 is 26.6 Å². The number of carbonyl (C=O) groups is 4. The Bertz CT molecular complexity index is 1650. The Kier molecular flexibility index (Phi) is 14.5. The molecule has 0 saturated heterocycles. The third kappa shape index (κ3) is 11.0. The highest BCUT2D eigenvalue weighted by Crippen LogP contribution is 2.28. The number of rotatable bonds is 16. The van der Waals surface area contributed by atoms with E-state index in [4.69, 9.17) is 0 Å². The molecule has 0 aromatic heterocycles. The van der Waals surface area contributed by atoms with Gasteiger partial charge in [-0.25, -0.2) is 0 Å². The van der Waals surface area contributed by atoms with E-state index in [2.05, 4.69) is 39.6 Å². The Morgan fingerprint density at radius 1 is 0.816 bits per heavy atom. The first-order chi connectivity index (χ1) is 23.4. The topological polar surface area (TPSA) is 152 Å². The molecule has 0 bridgehead atoms.